The molecule has 0 unspecified atom stereocenters. The first-order valence-corrected chi connectivity index (χ1v) is 8.12. The molecule has 0 atom stereocenters. The van der Waals surface area contributed by atoms with Gasteiger partial charge in [-0.3, -0.25) is 4.79 Å². The van der Waals surface area contributed by atoms with Crippen molar-refractivity contribution >= 4 is 43.5 Å². The predicted octanol–water partition coefficient (Wildman–Crippen LogP) is 2.34. The number of nitrogens with zero attached hydrogens (tertiary/aromatic N) is 1. The van der Waals surface area contributed by atoms with Crippen molar-refractivity contribution in [3.8, 4) is 0 Å². The average molecular weight is 369 g/mol. The number of carbonyl (C=O) groups is 1. The molecular weight excluding hydrogens is 358 g/mol. The molecule has 5 nitrogen and oxygen atoms in total. The van der Waals surface area contributed by atoms with E-state index in [0.717, 1.165) is 4.31 Å². The van der Waals surface area contributed by atoms with Crippen LogP contribution in [0.1, 0.15) is 12.8 Å². The highest BCUT2D eigenvalue weighted by Crippen LogP contribution is 2.33. The monoisotopic (exact) mass is 367 g/mol. The number of hydrogen-bond donors (Lipinski definition) is 1. The number of sulfonamides is 1. The van der Waals surface area contributed by atoms with Crippen LogP contribution >= 0.6 is 27.5 Å². The molecule has 1 aliphatic rings. The summed E-state index contributed by atoms with van der Waals surface area (Å²) in [5, 5.41) is 9.23. The zero-order chi connectivity index (χ0) is 14.2. The molecule has 1 aromatic carbocycles. The minimum Gasteiger partial charge on any atom is -0.480 e. The summed E-state index contributed by atoms with van der Waals surface area (Å²) in [6.45, 7) is -0.521. The fourth-order valence-electron chi connectivity index (χ4n) is 1.68. The van der Waals surface area contributed by atoms with Crippen molar-refractivity contribution in [1.29, 1.82) is 0 Å². The van der Waals surface area contributed by atoms with Gasteiger partial charge in [0.05, 0.1) is 9.92 Å². The molecule has 1 aliphatic carbocycles. The van der Waals surface area contributed by atoms with E-state index in [2.05, 4.69) is 15.9 Å². The summed E-state index contributed by atoms with van der Waals surface area (Å²) >= 11 is 8.98. The van der Waals surface area contributed by atoms with E-state index in [-0.39, 0.29) is 10.9 Å². The molecule has 104 valence electrons. The summed E-state index contributed by atoms with van der Waals surface area (Å²) < 4.78 is 26.3. The molecule has 0 aliphatic heterocycles. The van der Waals surface area contributed by atoms with E-state index in [0.29, 0.717) is 22.3 Å². The van der Waals surface area contributed by atoms with Gasteiger partial charge in [0.2, 0.25) is 10.0 Å². The van der Waals surface area contributed by atoms with Crippen molar-refractivity contribution in [2.24, 2.45) is 0 Å². The van der Waals surface area contributed by atoms with Crippen LogP contribution in [0.3, 0.4) is 0 Å². The summed E-state index contributed by atoms with van der Waals surface area (Å²) in [5.41, 5.74) is 0. The van der Waals surface area contributed by atoms with Gasteiger partial charge in [0.25, 0.3) is 0 Å². The Balaban J connectivity index is 2.38. The van der Waals surface area contributed by atoms with Crippen molar-refractivity contribution in [2.75, 3.05) is 6.54 Å². The van der Waals surface area contributed by atoms with Crippen LogP contribution in [0, 0.1) is 0 Å². The Morgan fingerprint density at radius 2 is 2.11 bits per heavy atom. The lowest BCUT2D eigenvalue weighted by Crippen LogP contribution is -2.37. The number of carboxylic acids is 1. The third kappa shape index (κ3) is 3.28. The first-order valence-electron chi connectivity index (χ1n) is 5.51. The Kier molecular flexibility index (Phi) is 4.20. The zero-order valence-electron chi connectivity index (χ0n) is 9.71. The molecule has 0 radical (unpaired) electrons. The Morgan fingerprint density at radius 1 is 1.47 bits per heavy atom. The Labute approximate surface area is 124 Å². The van der Waals surface area contributed by atoms with Gasteiger partial charge in [0.15, 0.2) is 0 Å². The van der Waals surface area contributed by atoms with Crippen molar-refractivity contribution in [3.63, 3.8) is 0 Å². The third-order valence-corrected chi connectivity index (χ3v) is 5.85. The molecule has 0 aromatic heterocycles. The molecule has 0 heterocycles. The second-order valence-electron chi connectivity index (χ2n) is 4.25. The van der Waals surface area contributed by atoms with E-state index in [9.17, 15) is 13.2 Å². The molecular formula is C11H11BrClNO4S. The van der Waals surface area contributed by atoms with E-state index in [1.807, 2.05) is 0 Å². The van der Waals surface area contributed by atoms with Crippen molar-refractivity contribution in [2.45, 2.75) is 23.8 Å². The maximum atomic E-state index is 12.4. The van der Waals surface area contributed by atoms with Gasteiger partial charge in [0.1, 0.15) is 6.54 Å². The SMILES string of the molecule is O=C(O)CN(C1CC1)S(=O)(=O)c1ccc(Cl)c(Br)c1. The fraction of sp³-hybridized carbons (Fsp3) is 0.364. The van der Waals surface area contributed by atoms with Crippen molar-refractivity contribution in [1.82, 2.24) is 4.31 Å². The highest BCUT2D eigenvalue weighted by atomic mass is 79.9. The van der Waals surface area contributed by atoms with Crippen LogP contribution < -0.4 is 0 Å². The van der Waals surface area contributed by atoms with Crippen LogP contribution in [0.2, 0.25) is 5.02 Å². The van der Waals surface area contributed by atoms with Crippen LogP contribution in [0.15, 0.2) is 27.6 Å². The summed E-state index contributed by atoms with van der Waals surface area (Å²) in [6, 6.07) is 4.01. The van der Waals surface area contributed by atoms with Gasteiger partial charge in [-0.2, -0.15) is 4.31 Å². The number of halogens is 2. The van der Waals surface area contributed by atoms with Gasteiger partial charge in [-0.15, -0.1) is 0 Å². The first-order chi connectivity index (χ1) is 8.82. The van der Waals surface area contributed by atoms with Gasteiger partial charge in [-0.25, -0.2) is 8.42 Å². The number of carboxylic acid groups (broad SMARTS) is 1. The quantitative estimate of drug-likeness (QED) is 0.865. The first kappa shape index (κ1) is 14.8. The Hall–Kier alpha value is -0.630. The summed E-state index contributed by atoms with van der Waals surface area (Å²) in [7, 11) is -3.81. The minimum absolute atomic E-state index is 0.0388. The number of aliphatic carboxylic acids is 1. The van der Waals surface area contributed by atoms with E-state index >= 15 is 0 Å². The molecule has 1 N–H and O–H groups in total. The topological polar surface area (TPSA) is 74.7 Å². The van der Waals surface area contributed by atoms with Gasteiger partial charge in [-0.05, 0) is 47.0 Å². The summed E-state index contributed by atoms with van der Waals surface area (Å²) in [5.74, 6) is -1.16. The molecule has 1 saturated carbocycles. The normalized spacial score (nSPS) is 15.7. The van der Waals surface area contributed by atoms with Crippen molar-refractivity contribution < 1.29 is 18.3 Å². The largest absolute Gasteiger partial charge is 0.480 e. The average Bonchev–Trinajstić information content (AvgIpc) is 3.13. The minimum atomic E-state index is -3.81. The van der Waals surface area contributed by atoms with Gasteiger partial charge < -0.3 is 5.11 Å². The second-order valence-corrected chi connectivity index (χ2v) is 7.40. The number of benzene rings is 1. The van der Waals surface area contributed by atoms with Crippen LogP contribution in [0.5, 0.6) is 0 Å². The van der Waals surface area contributed by atoms with Crippen LogP contribution in [-0.2, 0) is 14.8 Å². The van der Waals surface area contributed by atoms with Gasteiger partial charge in [-0.1, -0.05) is 11.6 Å². The van der Waals surface area contributed by atoms with E-state index < -0.39 is 22.5 Å². The maximum absolute atomic E-state index is 12.4. The lowest BCUT2D eigenvalue weighted by molar-refractivity contribution is -0.137. The number of rotatable bonds is 5. The second kappa shape index (κ2) is 5.40. The number of hydrogen-bond acceptors (Lipinski definition) is 3. The Bertz CT molecular complexity index is 615. The molecule has 2 rings (SSSR count). The summed E-state index contributed by atoms with van der Waals surface area (Å²) in [4.78, 5) is 10.8. The van der Waals surface area contributed by atoms with E-state index in [1.54, 1.807) is 0 Å². The lowest BCUT2D eigenvalue weighted by atomic mass is 10.4. The predicted molar refractivity (Wildman–Crippen MR) is 73.7 cm³/mol. The van der Waals surface area contributed by atoms with Gasteiger partial charge in [0, 0.05) is 10.5 Å². The highest BCUT2D eigenvalue weighted by molar-refractivity contribution is 9.10. The maximum Gasteiger partial charge on any atom is 0.318 e. The van der Waals surface area contributed by atoms with E-state index in [1.165, 1.54) is 18.2 Å². The zero-order valence-corrected chi connectivity index (χ0v) is 12.9. The third-order valence-electron chi connectivity index (χ3n) is 2.74. The molecule has 0 spiro atoms. The molecule has 8 heteroatoms. The van der Waals surface area contributed by atoms with Crippen LogP contribution in [0.4, 0.5) is 0 Å². The standard InChI is InChI=1S/C11H11BrClNO4S/c12-9-5-8(3-4-10(9)13)19(17,18)14(6-11(15)16)7-1-2-7/h3-5,7H,1-2,6H2,(H,15,16). The highest BCUT2D eigenvalue weighted by Gasteiger charge is 2.39. The molecule has 1 aromatic rings. The van der Waals surface area contributed by atoms with Gasteiger partial charge >= 0.3 is 5.97 Å². The molecule has 19 heavy (non-hydrogen) atoms. The van der Waals surface area contributed by atoms with Crippen LogP contribution in [0.25, 0.3) is 0 Å². The van der Waals surface area contributed by atoms with Crippen LogP contribution in [-0.4, -0.2) is 36.4 Å². The summed E-state index contributed by atoms with van der Waals surface area (Å²) in [6.07, 6.45) is 1.39. The lowest BCUT2D eigenvalue weighted by Gasteiger charge is -2.20. The molecule has 0 bridgehead atoms. The van der Waals surface area contributed by atoms with Crippen molar-refractivity contribution in [3.05, 3.63) is 27.7 Å². The smallest absolute Gasteiger partial charge is 0.318 e. The molecule has 1 fully saturated rings. The molecule has 0 saturated heterocycles. The molecule has 0 amide bonds. The Morgan fingerprint density at radius 3 is 2.58 bits per heavy atom. The van der Waals surface area contributed by atoms with E-state index in [4.69, 9.17) is 16.7 Å². The fourth-order valence-corrected chi connectivity index (χ4v) is 3.99.